The summed E-state index contributed by atoms with van der Waals surface area (Å²) in [5.41, 5.74) is 1.73. The van der Waals surface area contributed by atoms with Gasteiger partial charge in [0.15, 0.2) is 5.82 Å². The van der Waals surface area contributed by atoms with Gasteiger partial charge in [-0.2, -0.15) is 23.3 Å². The van der Waals surface area contributed by atoms with Crippen molar-refractivity contribution in [1.82, 2.24) is 19.9 Å². The van der Waals surface area contributed by atoms with Gasteiger partial charge in [-0.05, 0) is 26.7 Å². The van der Waals surface area contributed by atoms with Crippen LogP contribution < -0.4 is 0 Å². The largest absolute Gasteiger partial charge is 0.408 e. The van der Waals surface area contributed by atoms with Gasteiger partial charge in [0.25, 0.3) is 0 Å². The SMILES string of the molecule is CCC(CC)c1noc(Cc2c(C)nn(CC(F)(F)F)c2C)n1. The Morgan fingerprint density at radius 3 is 2.39 bits per heavy atom. The number of rotatable bonds is 6. The lowest BCUT2D eigenvalue weighted by atomic mass is 10.0. The first-order valence-corrected chi connectivity index (χ1v) is 7.67. The maximum Gasteiger partial charge on any atom is 0.408 e. The van der Waals surface area contributed by atoms with Gasteiger partial charge < -0.3 is 4.52 Å². The van der Waals surface area contributed by atoms with Crippen LogP contribution >= 0.6 is 0 Å². The van der Waals surface area contributed by atoms with Crippen molar-refractivity contribution in [3.8, 4) is 0 Å². The van der Waals surface area contributed by atoms with Gasteiger partial charge in [-0.25, -0.2) is 0 Å². The van der Waals surface area contributed by atoms with E-state index >= 15 is 0 Å². The number of nitrogens with zero attached hydrogens (tertiary/aromatic N) is 4. The Balaban J connectivity index is 2.21. The molecule has 23 heavy (non-hydrogen) atoms. The molecule has 0 radical (unpaired) electrons. The second kappa shape index (κ2) is 6.72. The smallest absolute Gasteiger partial charge is 0.339 e. The zero-order valence-electron chi connectivity index (χ0n) is 13.7. The summed E-state index contributed by atoms with van der Waals surface area (Å²) in [6, 6.07) is 0. The Hall–Kier alpha value is -1.86. The Kier molecular flexibility index (Phi) is 5.11. The summed E-state index contributed by atoms with van der Waals surface area (Å²) in [7, 11) is 0. The number of hydrogen-bond acceptors (Lipinski definition) is 4. The van der Waals surface area contributed by atoms with Gasteiger partial charge in [0.05, 0.1) is 12.1 Å². The van der Waals surface area contributed by atoms with E-state index in [0.29, 0.717) is 35.1 Å². The molecule has 0 aliphatic heterocycles. The molecule has 0 atom stereocenters. The molecule has 0 N–H and O–H groups in total. The summed E-state index contributed by atoms with van der Waals surface area (Å²) in [5, 5.41) is 7.96. The van der Waals surface area contributed by atoms with Crippen LogP contribution in [0.4, 0.5) is 13.2 Å². The zero-order chi connectivity index (χ0) is 17.2. The normalized spacial score (nSPS) is 12.3. The van der Waals surface area contributed by atoms with Crippen molar-refractivity contribution in [2.45, 2.75) is 65.6 Å². The van der Waals surface area contributed by atoms with Crippen molar-refractivity contribution in [2.75, 3.05) is 0 Å². The van der Waals surface area contributed by atoms with Crippen LogP contribution in [-0.2, 0) is 13.0 Å². The van der Waals surface area contributed by atoms with Crippen LogP contribution in [0.5, 0.6) is 0 Å². The molecule has 0 bridgehead atoms. The van der Waals surface area contributed by atoms with E-state index in [0.717, 1.165) is 17.5 Å². The first-order chi connectivity index (χ1) is 10.7. The molecule has 128 valence electrons. The van der Waals surface area contributed by atoms with Crippen molar-refractivity contribution >= 4 is 0 Å². The third-order valence-electron chi connectivity index (χ3n) is 4.02. The fourth-order valence-corrected chi connectivity index (χ4v) is 2.62. The molecule has 0 aliphatic rings. The van der Waals surface area contributed by atoms with E-state index < -0.39 is 12.7 Å². The molecule has 0 unspecified atom stereocenters. The van der Waals surface area contributed by atoms with Crippen molar-refractivity contribution in [2.24, 2.45) is 0 Å². The highest BCUT2D eigenvalue weighted by atomic mass is 19.4. The van der Waals surface area contributed by atoms with Crippen LogP contribution in [-0.4, -0.2) is 26.1 Å². The van der Waals surface area contributed by atoms with E-state index in [4.69, 9.17) is 4.52 Å². The zero-order valence-corrected chi connectivity index (χ0v) is 13.7. The van der Waals surface area contributed by atoms with Crippen molar-refractivity contribution in [3.05, 3.63) is 28.7 Å². The summed E-state index contributed by atoms with van der Waals surface area (Å²) < 4.78 is 43.9. The van der Waals surface area contributed by atoms with Crippen LogP contribution in [0.2, 0.25) is 0 Å². The maximum absolute atomic E-state index is 12.6. The topological polar surface area (TPSA) is 56.7 Å². The predicted octanol–water partition coefficient (Wildman–Crippen LogP) is 3.94. The minimum atomic E-state index is -4.30. The number of halogens is 3. The molecule has 2 heterocycles. The highest BCUT2D eigenvalue weighted by molar-refractivity contribution is 5.27. The molecule has 0 saturated carbocycles. The van der Waals surface area contributed by atoms with Gasteiger partial charge >= 0.3 is 6.18 Å². The Morgan fingerprint density at radius 2 is 1.83 bits per heavy atom. The van der Waals surface area contributed by atoms with E-state index in [1.807, 2.05) is 0 Å². The van der Waals surface area contributed by atoms with Gasteiger partial charge in [-0.15, -0.1) is 0 Å². The van der Waals surface area contributed by atoms with E-state index in [-0.39, 0.29) is 5.92 Å². The maximum atomic E-state index is 12.6. The van der Waals surface area contributed by atoms with Crippen LogP contribution in [0.1, 0.15) is 61.3 Å². The van der Waals surface area contributed by atoms with E-state index in [1.54, 1.807) is 13.8 Å². The molecule has 0 amide bonds. The Bertz CT molecular complexity index is 656. The molecule has 0 spiro atoms. The van der Waals surface area contributed by atoms with Crippen molar-refractivity contribution in [1.29, 1.82) is 0 Å². The van der Waals surface area contributed by atoms with Gasteiger partial charge in [0.1, 0.15) is 6.54 Å². The number of alkyl halides is 3. The molecule has 0 aromatic carbocycles. The van der Waals surface area contributed by atoms with Gasteiger partial charge in [0, 0.05) is 17.2 Å². The van der Waals surface area contributed by atoms with Crippen LogP contribution in [0, 0.1) is 13.8 Å². The third-order valence-corrected chi connectivity index (χ3v) is 4.02. The summed E-state index contributed by atoms with van der Waals surface area (Å²) in [6.45, 7) is 6.33. The van der Waals surface area contributed by atoms with Crippen molar-refractivity contribution in [3.63, 3.8) is 0 Å². The first kappa shape index (κ1) is 17.5. The highest BCUT2D eigenvalue weighted by Crippen LogP contribution is 2.24. The summed E-state index contributed by atoms with van der Waals surface area (Å²) in [5.74, 6) is 1.30. The third kappa shape index (κ3) is 4.11. The average molecular weight is 330 g/mol. The van der Waals surface area contributed by atoms with E-state index in [1.165, 1.54) is 0 Å². The molecule has 8 heteroatoms. The average Bonchev–Trinajstić information content (AvgIpc) is 3.00. The fourth-order valence-electron chi connectivity index (χ4n) is 2.62. The van der Waals surface area contributed by atoms with E-state index in [2.05, 4.69) is 29.1 Å². The lowest BCUT2D eigenvalue weighted by molar-refractivity contribution is -0.142. The van der Waals surface area contributed by atoms with Gasteiger partial charge in [-0.3, -0.25) is 4.68 Å². The minimum Gasteiger partial charge on any atom is -0.339 e. The minimum absolute atomic E-state index is 0.239. The first-order valence-electron chi connectivity index (χ1n) is 7.67. The summed E-state index contributed by atoms with van der Waals surface area (Å²) in [4.78, 5) is 4.38. The molecular formula is C15H21F3N4O. The molecular weight excluding hydrogens is 309 g/mol. The predicted molar refractivity (Wildman–Crippen MR) is 78.2 cm³/mol. The van der Waals surface area contributed by atoms with Gasteiger partial charge in [0.2, 0.25) is 5.89 Å². The Labute approximate surface area is 132 Å². The molecule has 0 fully saturated rings. The highest BCUT2D eigenvalue weighted by Gasteiger charge is 2.30. The number of aryl methyl sites for hydroxylation is 1. The van der Waals surface area contributed by atoms with Crippen LogP contribution in [0.3, 0.4) is 0 Å². The summed E-state index contributed by atoms with van der Waals surface area (Å²) in [6.07, 6.45) is -2.18. The molecule has 2 aromatic rings. The van der Waals surface area contributed by atoms with Crippen LogP contribution in [0.25, 0.3) is 0 Å². The quantitative estimate of drug-likeness (QED) is 0.805. The second-order valence-electron chi connectivity index (χ2n) is 5.66. The molecule has 0 aliphatic carbocycles. The fraction of sp³-hybridized carbons (Fsp3) is 0.667. The van der Waals surface area contributed by atoms with Crippen molar-refractivity contribution < 1.29 is 17.7 Å². The molecule has 2 rings (SSSR count). The number of aromatic nitrogens is 4. The monoisotopic (exact) mass is 330 g/mol. The summed E-state index contributed by atoms with van der Waals surface area (Å²) >= 11 is 0. The second-order valence-corrected chi connectivity index (χ2v) is 5.66. The molecule has 2 aromatic heterocycles. The lowest BCUT2D eigenvalue weighted by Crippen LogP contribution is -2.19. The molecule has 5 nitrogen and oxygen atoms in total. The van der Waals surface area contributed by atoms with Gasteiger partial charge in [-0.1, -0.05) is 19.0 Å². The Morgan fingerprint density at radius 1 is 1.17 bits per heavy atom. The standard InChI is InChI=1S/C15H21F3N4O/c1-5-11(6-2)14-19-13(23-21-14)7-12-9(3)20-22(10(12)4)8-15(16,17)18/h11H,5-8H2,1-4H3. The lowest BCUT2D eigenvalue weighted by Gasteiger charge is -2.08. The van der Waals surface area contributed by atoms with E-state index in [9.17, 15) is 13.2 Å². The molecule has 0 saturated heterocycles. The van der Waals surface area contributed by atoms with Crippen LogP contribution in [0.15, 0.2) is 4.52 Å². The number of hydrogen-bond donors (Lipinski definition) is 0.